The van der Waals surface area contributed by atoms with Gasteiger partial charge in [-0.25, -0.2) is 0 Å². The van der Waals surface area contributed by atoms with E-state index in [2.05, 4.69) is 21.2 Å². The lowest BCUT2D eigenvalue weighted by Crippen LogP contribution is -2.12. The Bertz CT molecular complexity index is 651. The van der Waals surface area contributed by atoms with Crippen LogP contribution in [-0.2, 0) is 0 Å². The van der Waals surface area contributed by atoms with Crippen LogP contribution in [0.15, 0.2) is 40.9 Å². The van der Waals surface area contributed by atoms with Crippen LogP contribution in [0.5, 0.6) is 11.5 Å². The standard InChI is InChI=1S/C15H13BrClNO3/c1-20-12-6-9(7-13(21-2)14(12)16)15(19)18-11-5-3-4-10(17)8-11/h3-8H,1-2H3,(H,18,19). The Morgan fingerprint density at radius 2 is 1.76 bits per heavy atom. The summed E-state index contributed by atoms with van der Waals surface area (Å²) >= 11 is 9.26. The quantitative estimate of drug-likeness (QED) is 0.869. The summed E-state index contributed by atoms with van der Waals surface area (Å²) in [6, 6.07) is 10.2. The zero-order chi connectivity index (χ0) is 15.4. The second-order valence-electron chi connectivity index (χ2n) is 4.16. The van der Waals surface area contributed by atoms with Crippen molar-refractivity contribution >= 4 is 39.1 Å². The molecule has 2 rings (SSSR count). The van der Waals surface area contributed by atoms with Crippen molar-refractivity contribution in [2.45, 2.75) is 0 Å². The van der Waals surface area contributed by atoms with E-state index in [1.165, 1.54) is 14.2 Å². The SMILES string of the molecule is COc1cc(C(=O)Nc2cccc(Cl)c2)cc(OC)c1Br. The number of benzene rings is 2. The van der Waals surface area contributed by atoms with Crippen molar-refractivity contribution in [1.29, 1.82) is 0 Å². The van der Waals surface area contributed by atoms with E-state index in [-0.39, 0.29) is 5.91 Å². The van der Waals surface area contributed by atoms with Gasteiger partial charge in [-0.2, -0.15) is 0 Å². The zero-order valence-electron chi connectivity index (χ0n) is 11.4. The summed E-state index contributed by atoms with van der Waals surface area (Å²) in [7, 11) is 3.05. The van der Waals surface area contributed by atoms with Crippen molar-refractivity contribution in [2.24, 2.45) is 0 Å². The van der Waals surface area contributed by atoms with Gasteiger partial charge in [0, 0.05) is 16.3 Å². The van der Waals surface area contributed by atoms with Gasteiger partial charge in [0.2, 0.25) is 0 Å². The molecule has 0 aliphatic heterocycles. The molecule has 0 spiro atoms. The van der Waals surface area contributed by atoms with E-state index >= 15 is 0 Å². The molecule has 0 fully saturated rings. The third-order valence-corrected chi connectivity index (χ3v) is 3.81. The van der Waals surface area contributed by atoms with Crippen molar-refractivity contribution in [3.8, 4) is 11.5 Å². The van der Waals surface area contributed by atoms with Gasteiger partial charge in [-0.3, -0.25) is 4.79 Å². The highest BCUT2D eigenvalue weighted by Crippen LogP contribution is 2.35. The van der Waals surface area contributed by atoms with Crippen LogP contribution in [-0.4, -0.2) is 20.1 Å². The first-order valence-corrected chi connectivity index (χ1v) is 7.20. The van der Waals surface area contributed by atoms with E-state index in [0.717, 1.165) is 0 Å². The molecule has 0 saturated carbocycles. The molecule has 0 aliphatic rings. The van der Waals surface area contributed by atoms with Crippen LogP contribution in [0.1, 0.15) is 10.4 Å². The van der Waals surface area contributed by atoms with Gasteiger partial charge >= 0.3 is 0 Å². The fourth-order valence-electron chi connectivity index (χ4n) is 1.77. The first kappa shape index (κ1) is 15.7. The van der Waals surface area contributed by atoms with Crippen molar-refractivity contribution in [1.82, 2.24) is 0 Å². The third kappa shape index (κ3) is 3.68. The Kier molecular flexibility index (Phi) is 5.09. The van der Waals surface area contributed by atoms with Gasteiger partial charge < -0.3 is 14.8 Å². The Balaban J connectivity index is 2.31. The number of nitrogens with one attached hydrogen (secondary N) is 1. The molecule has 1 N–H and O–H groups in total. The van der Waals surface area contributed by atoms with Crippen LogP contribution in [0.3, 0.4) is 0 Å². The average Bonchev–Trinajstić information content (AvgIpc) is 2.47. The van der Waals surface area contributed by atoms with Crippen LogP contribution in [0.25, 0.3) is 0 Å². The van der Waals surface area contributed by atoms with Crippen LogP contribution in [0.2, 0.25) is 5.02 Å². The molecule has 110 valence electrons. The van der Waals surface area contributed by atoms with Gasteiger partial charge in [0.05, 0.1) is 14.2 Å². The van der Waals surface area contributed by atoms with Crippen LogP contribution in [0.4, 0.5) is 5.69 Å². The molecule has 0 aliphatic carbocycles. The second-order valence-corrected chi connectivity index (χ2v) is 5.39. The molecule has 1 amide bonds. The summed E-state index contributed by atoms with van der Waals surface area (Å²) < 4.78 is 11.1. The Morgan fingerprint density at radius 3 is 2.29 bits per heavy atom. The van der Waals surface area contributed by atoms with Crippen molar-refractivity contribution in [3.63, 3.8) is 0 Å². The maximum Gasteiger partial charge on any atom is 0.255 e. The first-order valence-electron chi connectivity index (χ1n) is 6.03. The largest absolute Gasteiger partial charge is 0.495 e. The maximum absolute atomic E-state index is 12.3. The molecule has 21 heavy (non-hydrogen) atoms. The van der Waals surface area contributed by atoms with Gasteiger partial charge in [0.15, 0.2) is 0 Å². The molecule has 0 aromatic heterocycles. The number of hydrogen-bond acceptors (Lipinski definition) is 3. The average molecular weight is 371 g/mol. The van der Waals surface area contributed by atoms with Gasteiger partial charge in [-0.1, -0.05) is 17.7 Å². The summed E-state index contributed by atoms with van der Waals surface area (Å²) in [5.74, 6) is 0.762. The highest BCUT2D eigenvalue weighted by molar-refractivity contribution is 9.10. The first-order chi connectivity index (χ1) is 10.0. The fraction of sp³-hybridized carbons (Fsp3) is 0.133. The van der Waals surface area contributed by atoms with Crippen LogP contribution < -0.4 is 14.8 Å². The Labute approximate surface area is 136 Å². The molecule has 4 nitrogen and oxygen atoms in total. The van der Waals surface area contributed by atoms with E-state index in [9.17, 15) is 4.79 Å². The number of amides is 1. The van der Waals surface area contributed by atoms with Crippen LogP contribution >= 0.6 is 27.5 Å². The summed E-state index contributed by atoms with van der Waals surface area (Å²) in [5.41, 5.74) is 1.04. The summed E-state index contributed by atoms with van der Waals surface area (Å²) in [5, 5.41) is 3.33. The predicted molar refractivity (Wildman–Crippen MR) is 86.7 cm³/mol. The smallest absolute Gasteiger partial charge is 0.255 e. The van der Waals surface area contributed by atoms with Crippen molar-refractivity contribution < 1.29 is 14.3 Å². The fourth-order valence-corrected chi connectivity index (χ4v) is 2.51. The lowest BCUT2D eigenvalue weighted by Gasteiger charge is -2.12. The van der Waals surface area contributed by atoms with Gasteiger partial charge in [0.25, 0.3) is 5.91 Å². The number of carbonyl (C=O) groups is 1. The molecular weight excluding hydrogens is 358 g/mol. The highest BCUT2D eigenvalue weighted by Gasteiger charge is 2.14. The topological polar surface area (TPSA) is 47.6 Å². The summed E-state index contributed by atoms with van der Waals surface area (Å²) in [4.78, 5) is 12.3. The molecule has 0 radical (unpaired) electrons. The Hall–Kier alpha value is -1.72. The lowest BCUT2D eigenvalue weighted by molar-refractivity contribution is 0.102. The van der Waals surface area contributed by atoms with Gasteiger partial charge in [-0.05, 0) is 46.3 Å². The van der Waals surface area contributed by atoms with Gasteiger partial charge in [0.1, 0.15) is 16.0 Å². The molecular formula is C15H13BrClNO3. The molecule has 0 saturated heterocycles. The van der Waals surface area contributed by atoms with E-state index in [0.29, 0.717) is 32.2 Å². The molecule has 0 unspecified atom stereocenters. The normalized spacial score (nSPS) is 10.1. The number of rotatable bonds is 4. The predicted octanol–water partition coefficient (Wildman–Crippen LogP) is 4.37. The minimum atomic E-state index is -0.277. The zero-order valence-corrected chi connectivity index (χ0v) is 13.8. The van der Waals surface area contributed by atoms with Crippen molar-refractivity contribution in [3.05, 3.63) is 51.5 Å². The minimum Gasteiger partial charge on any atom is -0.495 e. The van der Waals surface area contributed by atoms with E-state index in [4.69, 9.17) is 21.1 Å². The third-order valence-electron chi connectivity index (χ3n) is 2.79. The molecule has 0 bridgehead atoms. The minimum absolute atomic E-state index is 0.277. The van der Waals surface area contributed by atoms with Crippen molar-refractivity contribution in [2.75, 3.05) is 19.5 Å². The van der Waals surface area contributed by atoms with E-state index < -0.39 is 0 Å². The molecule has 2 aromatic rings. The van der Waals surface area contributed by atoms with E-state index in [1.807, 2.05) is 0 Å². The maximum atomic E-state index is 12.3. The van der Waals surface area contributed by atoms with Crippen LogP contribution in [0, 0.1) is 0 Å². The number of ether oxygens (including phenoxy) is 2. The Morgan fingerprint density at radius 1 is 1.14 bits per heavy atom. The number of hydrogen-bond donors (Lipinski definition) is 1. The summed E-state index contributed by atoms with van der Waals surface area (Å²) in [6.07, 6.45) is 0. The highest BCUT2D eigenvalue weighted by atomic mass is 79.9. The number of anilines is 1. The number of halogens is 2. The lowest BCUT2D eigenvalue weighted by atomic mass is 10.1. The number of methoxy groups -OCH3 is 2. The van der Waals surface area contributed by atoms with E-state index in [1.54, 1.807) is 36.4 Å². The second kappa shape index (κ2) is 6.83. The van der Waals surface area contributed by atoms with Gasteiger partial charge in [-0.15, -0.1) is 0 Å². The molecule has 2 aromatic carbocycles. The molecule has 0 heterocycles. The monoisotopic (exact) mass is 369 g/mol. The molecule has 6 heteroatoms. The summed E-state index contributed by atoms with van der Waals surface area (Å²) in [6.45, 7) is 0. The molecule has 0 atom stereocenters. The number of carbonyl (C=O) groups excluding carboxylic acids is 1.